The molecule has 1 aromatic heterocycles. The molecule has 100 valence electrons. The van der Waals surface area contributed by atoms with Crippen molar-refractivity contribution in [3.05, 3.63) is 4.88 Å². The lowest BCUT2D eigenvalue weighted by molar-refractivity contribution is 0.0794. The van der Waals surface area contributed by atoms with Crippen LogP contribution in [0.4, 0.5) is 10.9 Å². The summed E-state index contributed by atoms with van der Waals surface area (Å²) in [6.07, 6.45) is 3.49. The van der Waals surface area contributed by atoms with Gasteiger partial charge in [-0.05, 0) is 25.2 Å². The molecule has 3 N–H and O–H groups in total. The molecule has 0 aliphatic heterocycles. The topological polar surface area (TPSA) is 71.2 Å². The summed E-state index contributed by atoms with van der Waals surface area (Å²) in [6.45, 7) is 3.76. The second kappa shape index (κ2) is 5.56. The van der Waals surface area contributed by atoms with Crippen LogP contribution in [0.25, 0.3) is 0 Å². The van der Waals surface area contributed by atoms with Gasteiger partial charge in [0.25, 0.3) is 5.91 Å². The Morgan fingerprint density at radius 1 is 1.61 bits per heavy atom. The maximum absolute atomic E-state index is 12.2. The third kappa shape index (κ3) is 3.13. The van der Waals surface area contributed by atoms with Gasteiger partial charge in [-0.3, -0.25) is 4.79 Å². The molecule has 1 aromatic rings. The first-order valence-corrected chi connectivity index (χ1v) is 7.19. The Kier molecular flexibility index (Phi) is 4.06. The molecule has 1 fully saturated rings. The molecular weight excluding hydrogens is 248 g/mol. The van der Waals surface area contributed by atoms with Crippen LogP contribution >= 0.6 is 11.3 Å². The van der Waals surface area contributed by atoms with Crippen molar-refractivity contribution in [2.45, 2.75) is 26.2 Å². The maximum Gasteiger partial charge on any atom is 0.267 e. The zero-order valence-corrected chi connectivity index (χ0v) is 11.7. The van der Waals surface area contributed by atoms with Gasteiger partial charge in [-0.25, -0.2) is 4.98 Å². The Hall–Kier alpha value is -1.30. The average Bonchev–Trinajstić information content (AvgIpc) is 3.07. The van der Waals surface area contributed by atoms with E-state index in [9.17, 15) is 4.79 Å². The number of hydrogen-bond donors (Lipinski definition) is 2. The third-order valence-electron chi connectivity index (χ3n) is 2.95. The molecule has 6 heteroatoms. The summed E-state index contributed by atoms with van der Waals surface area (Å²) in [5, 5.41) is 3.89. The van der Waals surface area contributed by atoms with Crippen LogP contribution in [-0.4, -0.2) is 35.9 Å². The van der Waals surface area contributed by atoms with Crippen LogP contribution in [0.2, 0.25) is 0 Å². The Morgan fingerprint density at radius 3 is 2.94 bits per heavy atom. The monoisotopic (exact) mass is 268 g/mol. The van der Waals surface area contributed by atoms with Crippen LogP contribution in [0.3, 0.4) is 0 Å². The zero-order chi connectivity index (χ0) is 13.1. The van der Waals surface area contributed by atoms with Crippen molar-refractivity contribution in [2.24, 2.45) is 5.92 Å². The number of carbonyl (C=O) groups excluding carboxylic acids is 1. The second-order valence-corrected chi connectivity index (χ2v) is 5.79. The highest BCUT2D eigenvalue weighted by atomic mass is 32.1. The average molecular weight is 268 g/mol. The zero-order valence-electron chi connectivity index (χ0n) is 10.9. The molecule has 1 heterocycles. The van der Waals surface area contributed by atoms with Crippen LogP contribution in [0.15, 0.2) is 0 Å². The van der Waals surface area contributed by atoms with Gasteiger partial charge in [0.2, 0.25) is 0 Å². The Balaban J connectivity index is 2.01. The van der Waals surface area contributed by atoms with E-state index < -0.39 is 0 Å². The number of rotatable bonds is 6. The highest BCUT2D eigenvalue weighted by molar-refractivity contribution is 7.18. The molecule has 1 saturated carbocycles. The van der Waals surface area contributed by atoms with E-state index in [-0.39, 0.29) is 5.91 Å². The lowest BCUT2D eigenvalue weighted by atomic mass is 10.3. The smallest absolute Gasteiger partial charge is 0.267 e. The molecule has 0 aromatic carbocycles. The molecule has 1 aliphatic rings. The highest BCUT2D eigenvalue weighted by Gasteiger charge is 2.27. The standard InChI is InChI=1S/C12H20N4OS/c1-3-6-14-12-15-10(13)9(18-12)11(17)16(2)7-8-4-5-8/h8H,3-7,13H2,1-2H3,(H,14,15). The van der Waals surface area contributed by atoms with Crippen molar-refractivity contribution in [3.63, 3.8) is 0 Å². The molecule has 0 atom stereocenters. The predicted octanol–water partition coefficient (Wildman–Crippen LogP) is 2.03. The minimum absolute atomic E-state index is 0.0125. The van der Waals surface area contributed by atoms with Crippen LogP contribution < -0.4 is 11.1 Å². The normalized spacial score (nSPS) is 14.6. The fourth-order valence-electron chi connectivity index (χ4n) is 1.74. The summed E-state index contributed by atoms with van der Waals surface area (Å²) in [5.74, 6) is 1.01. The molecule has 0 radical (unpaired) electrons. The van der Waals surface area contributed by atoms with Crippen molar-refractivity contribution >= 4 is 28.2 Å². The van der Waals surface area contributed by atoms with Crippen molar-refractivity contribution in [3.8, 4) is 0 Å². The summed E-state index contributed by atoms with van der Waals surface area (Å²) >= 11 is 1.34. The van der Waals surface area contributed by atoms with E-state index in [0.29, 0.717) is 16.6 Å². The lowest BCUT2D eigenvalue weighted by Gasteiger charge is -2.15. The SMILES string of the molecule is CCCNc1nc(N)c(C(=O)N(C)CC2CC2)s1. The minimum Gasteiger partial charge on any atom is -0.382 e. The number of amides is 1. The number of carbonyl (C=O) groups is 1. The first-order valence-electron chi connectivity index (χ1n) is 6.37. The molecule has 18 heavy (non-hydrogen) atoms. The van der Waals surface area contributed by atoms with Crippen LogP contribution in [0.1, 0.15) is 35.9 Å². The molecule has 0 bridgehead atoms. The molecule has 0 unspecified atom stereocenters. The molecule has 0 saturated heterocycles. The first kappa shape index (κ1) is 13.1. The fraction of sp³-hybridized carbons (Fsp3) is 0.667. The minimum atomic E-state index is -0.0125. The number of thiazole rings is 1. The van der Waals surface area contributed by atoms with Gasteiger partial charge in [0, 0.05) is 20.1 Å². The number of nitrogen functional groups attached to an aromatic ring is 1. The fourth-order valence-corrected chi connectivity index (χ4v) is 2.64. The molecule has 5 nitrogen and oxygen atoms in total. The van der Waals surface area contributed by atoms with Gasteiger partial charge in [-0.15, -0.1) is 0 Å². The molecule has 1 amide bonds. The summed E-state index contributed by atoms with van der Waals surface area (Å²) in [5.41, 5.74) is 5.81. The van der Waals surface area contributed by atoms with Crippen LogP contribution in [0.5, 0.6) is 0 Å². The van der Waals surface area contributed by atoms with Crippen molar-refractivity contribution < 1.29 is 4.79 Å². The van der Waals surface area contributed by atoms with E-state index in [1.165, 1.54) is 24.2 Å². The van der Waals surface area contributed by atoms with Gasteiger partial charge in [0.15, 0.2) is 5.13 Å². The van der Waals surface area contributed by atoms with Gasteiger partial charge in [0.05, 0.1) is 0 Å². The van der Waals surface area contributed by atoms with Crippen molar-refractivity contribution in [1.29, 1.82) is 0 Å². The number of anilines is 2. The molecule has 1 aliphatic carbocycles. The predicted molar refractivity (Wildman–Crippen MR) is 75.0 cm³/mol. The molecule has 0 spiro atoms. The van der Waals surface area contributed by atoms with Gasteiger partial charge in [-0.2, -0.15) is 0 Å². The summed E-state index contributed by atoms with van der Waals surface area (Å²) in [4.78, 5) is 18.7. The van der Waals surface area contributed by atoms with E-state index >= 15 is 0 Å². The Bertz CT molecular complexity index is 428. The van der Waals surface area contributed by atoms with E-state index in [2.05, 4.69) is 17.2 Å². The molecular formula is C12H20N4OS. The second-order valence-electron chi connectivity index (χ2n) is 4.79. The quantitative estimate of drug-likeness (QED) is 0.828. The van der Waals surface area contributed by atoms with Crippen molar-refractivity contribution in [1.82, 2.24) is 9.88 Å². The van der Waals surface area contributed by atoms with Crippen molar-refractivity contribution in [2.75, 3.05) is 31.2 Å². The van der Waals surface area contributed by atoms with Gasteiger partial charge in [0.1, 0.15) is 10.7 Å². The highest BCUT2D eigenvalue weighted by Crippen LogP contribution is 2.31. The van der Waals surface area contributed by atoms with Crippen LogP contribution in [-0.2, 0) is 0 Å². The van der Waals surface area contributed by atoms with Gasteiger partial charge >= 0.3 is 0 Å². The number of hydrogen-bond acceptors (Lipinski definition) is 5. The van der Waals surface area contributed by atoms with E-state index in [1.807, 2.05) is 7.05 Å². The summed E-state index contributed by atoms with van der Waals surface area (Å²) in [7, 11) is 1.83. The van der Waals surface area contributed by atoms with Gasteiger partial charge < -0.3 is 16.0 Å². The lowest BCUT2D eigenvalue weighted by Crippen LogP contribution is -2.28. The number of nitrogens with one attached hydrogen (secondary N) is 1. The largest absolute Gasteiger partial charge is 0.382 e. The van der Waals surface area contributed by atoms with Crippen LogP contribution in [0, 0.1) is 5.92 Å². The Morgan fingerprint density at radius 2 is 2.33 bits per heavy atom. The number of aromatic nitrogens is 1. The Labute approximate surface area is 111 Å². The van der Waals surface area contributed by atoms with Gasteiger partial charge in [-0.1, -0.05) is 18.3 Å². The summed E-state index contributed by atoms with van der Waals surface area (Å²) in [6, 6.07) is 0. The van der Waals surface area contributed by atoms with E-state index in [0.717, 1.165) is 24.6 Å². The third-order valence-corrected chi connectivity index (χ3v) is 3.97. The number of nitrogens with two attached hydrogens (primary N) is 1. The maximum atomic E-state index is 12.2. The van der Waals surface area contributed by atoms with E-state index in [4.69, 9.17) is 5.73 Å². The molecule has 2 rings (SSSR count). The number of nitrogens with zero attached hydrogens (tertiary/aromatic N) is 2. The summed E-state index contributed by atoms with van der Waals surface area (Å²) < 4.78 is 0. The van der Waals surface area contributed by atoms with E-state index in [1.54, 1.807) is 4.90 Å². The first-order chi connectivity index (χ1) is 8.61.